The van der Waals surface area contributed by atoms with Crippen LogP contribution in [-0.2, 0) is 33.0 Å². The van der Waals surface area contributed by atoms with E-state index in [0.29, 0.717) is 28.7 Å². The van der Waals surface area contributed by atoms with Crippen LogP contribution in [0, 0.1) is 0 Å². The molecule has 1 aromatic heterocycles. The molecule has 3 amide bonds. The van der Waals surface area contributed by atoms with Gasteiger partial charge in [0.2, 0.25) is 0 Å². The normalized spacial score (nSPS) is 18.5. The largest absolute Gasteiger partial charge is 0.444 e. The number of nitrogens with one attached hydrogen (secondary N) is 2. The third-order valence-electron chi connectivity index (χ3n) is 7.70. The molecule has 47 heavy (non-hydrogen) atoms. The Morgan fingerprint density at radius 2 is 1.74 bits per heavy atom. The number of rotatable bonds is 6. The molecule has 2 aliphatic rings. The van der Waals surface area contributed by atoms with E-state index < -0.39 is 63.8 Å². The maximum absolute atomic E-state index is 14.1. The fraction of sp³-hybridized carbons (Fsp3) is 0.419. The molecule has 2 fully saturated rings. The molecule has 0 atom stereocenters. The number of aromatic amines is 1. The van der Waals surface area contributed by atoms with Gasteiger partial charge in [0.05, 0.1) is 39.8 Å². The molecule has 2 aromatic carbocycles. The summed E-state index contributed by atoms with van der Waals surface area (Å²) < 4.78 is 93.4. The molecule has 3 heterocycles. The average molecular weight is 685 g/mol. The van der Waals surface area contributed by atoms with Crippen molar-refractivity contribution in [2.45, 2.75) is 63.5 Å². The highest BCUT2D eigenvalue weighted by atomic mass is 32.2. The summed E-state index contributed by atoms with van der Waals surface area (Å²) in [6, 6.07) is 5.98. The molecule has 2 aliphatic heterocycles. The van der Waals surface area contributed by atoms with Gasteiger partial charge in [-0.25, -0.2) is 4.79 Å². The van der Waals surface area contributed by atoms with E-state index in [2.05, 4.69) is 15.5 Å². The van der Waals surface area contributed by atoms with E-state index in [4.69, 9.17) is 9.47 Å². The van der Waals surface area contributed by atoms with Crippen LogP contribution in [-0.4, -0.2) is 63.2 Å². The molecule has 0 saturated carbocycles. The van der Waals surface area contributed by atoms with Crippen molar-refractivity contribution < 1.29 is 50.2 Å². The van der Waals surface area contributed by atoms with E-state index in [-0.39, 0.29) is 54.7 Å². The predicted molar refractivity (Wildman–Crippen MR) is 160 cm³/mol. The van der Waals surface area contributed by atoms with Crippen molar-refractivity contribution in [3.8, 4) is 0 Å². The van der Waals surface area contributed by atoms with E-state index in [1.54, 1.807) is 32.9 Å². The Morgan fingerprint density at radius 3 is 2.38 bits per heavy atom. The number of ether oxygens (including phenoxy) is 2. The molecule has 5 rings (SSSR count). The number of halogens is 6. The van der Waals surface area contributed by atoms with Gasteiger partial charge in [-0.15, -0.1) is 0 Å². The summed E-state index contributed by atoms with van der Waals surface area (Å²) in [5.74, 6) is -0.820. The standard InChI is InChI=1S/C31H30F6N4O5S/c1-28(2,3)46-26(43)39-29(8-10-45-11-9-29)16-41-25(42)24(47-27(41)44)21(17-5-7-23-19(12-17)15-38-40-23)13-18-4-6-20(30(32,33)34)14-22(18)31(35,36)37/h4-7,12,14-15H,8-11,13,16H2,1-3H3,(H,38,40)(H,39,43). The molecule has 0 spiro atoms. The molecule has 0 unspecified atom stereocenters. The van der Waals surface area contributed by atoms with Gasteiger partial charge in [-0.2, -0.15) is 31.4 Å². The molecular weight excluding hydrogens is 654 g/mol. The Labute approximate surface area is 269 Å². The van der Waals surface area contributed by atoms with E-state index in [1.807, 2.05) is 0 Å². The van der Waals surface area contributed by atoms with Gasteiger partial charge >= 0.3 is 18.4 Å². The lowest BCUT2D eigenvalue weighted by molar-refractivity contribution is -0.143. The Kier molecular flexibility index (Phi) is 9.14. The zero-order valence-corrected chi connectivity index (χ0v) is 26.2. The van der Waals surface area contributed by atoms with Crippen LogP contribution in [0.2, 0.25) is 0 Å². The van der Waals surface area contributed by atoms with Gasteiger partial charge in [0.15, 0.2) is 0 Å². The van der Waals surface area contributed by atoms with Crippen molar-refractivity contribution in [1.82, 2.24) is 20.4 Å². The zero-order chi connectivity index (χ0) is 34.4. The van der Waals surface area contributed by atoms with Gasteiger partial charge in [0.1, 0.15) is 5.60 Å². The molecule has 9 nitrogen and oxygen atoms in total. The fourth-order valence-electron chi connectivity index (χ4n) is 5.43. The lowest BCUT2D eigenvalue weighted by atomic mass is 9.89. The smallest absolute Gasteiger partial charge is 0.416 e. The van der Waals surface area contributed by atoms with Crippen LogP contribution in [0.3, 0.4) is 0 Å². The van der Waals surface area contributed by atoms with Gasteiger partial charge in [-0.1, -0.05) is 12.1 Å². The summed E-state index contributed by atoms with van der Waals surface area (Å²) >= 11 is 0.506. The van der Waals surface area contributed by atoms with E-state index in [1.165, 1.54) is 12.3 Å². The summed E-state index contributed by atoms with van der Waals surface area (Å²) in [7, 11) is 0. The number of amides is 3. The monoisotopic (exact) mass is 684 g/mol. The first-order chi connectivity index (χ1) is 21.9. The first-order valence-corrected chi connectivity index (χ1v) is 15.2. The van der Waals surface area contributed by atoms with Crippen LogP contribution in [0.1, 0.15) is 55.9 Å². The molecule has 2 N–H and O–H groups in total. The number of alkyl carbamates (subject to hydrolysis) is 1. The van der Waals surface area contributed by atoms with E-state index in [0.717, 1.165) is 11.0 Å². The zero-order valence-electron chi connectivity index (χ0n) is 25.4. The van der Waals surface area contributed by atoms with Crippen molar-refractivity contribution >= 4 is 45.5 Å². The first-order valence-electron chi connectivity index (χ1n) is 14.4. The third-order valence-corrected chi connectivity index (χ3v) is 8.72. The van der Waals surface area contributed by atoms with Crippen molar-refractivity contribution in [2.24, 2.45) is 0 Å². The molecule has 0 radical (unpaired) electrons. The number of carbonyl (C=O) groups excluding carboxylic acids is 3. The molecule has 3 aromatic rings. The Bertz CT molecular complexity index is 1740. The number of carbonyl (C=O) groups is 3. The second kappa shape index (κ2) is 12.5. The van der Waals surface area contributed by atoms with Crippen molar-refractivity contribution in [1.29, 1.82) is 0 Å². The summed E-state index contributed by atoms with van der Waals surface area (Å²) in [4.78, 5) is 40.9. The highest BCUT2D eigenvalue weighted by Crippen LogP contribution is 2.43. The number of benzene rings is 2. The highest BCUT2D eigenvalue weighted by molar-refractivity contribution is 8.18. The minimum atomic E-state index is -5.15. The summed E-state index contributed by atoms with van der Waals surface area (Å²) in [6.07, 6.45) is -9.64. The molecular formula is C31H30F6N4O5S. The lowest BCUT2D eigenvalue weighted by Crippen LogP contribution is -2.59. The number of allylic oxidation sites excluding steroid dienone is 1. The topological polar surface area (TPSA) is 114 Å². The van der Waals surface area contributed by atoms with Crippen LogP contribution < -0.4 is 5.32 Å². The maximum atomic E-state index is 14.1. The second-order valence-electron chi connectivity index (χ2n) is 12.3. The summed E-state index contributed by atoms with van der Waals surface area (Å²) in [6.45, 7) is 5.18. The number of H-pyrrole nitrogens is 1. The van der Waals surface area contributed by atoms with Gasteiger partial charge < -0.3 is 14.8 Å². The number of hydrogen-bond donors (Lipinski definition) is 2. The molecule has 16 heteroatoms. The molecule has 252 valence electrons. The number of alkyl halides is 6. The van der Waals surface area contributed by atoms with E-state index >= 15 is 0 Å². The van der Waals surface area contributed by atoms with Crippen molar-refractivity contribution in [3.63, 3.8) is 0 Å². The summed E-state index contributed by atoms with van der Waals surface area (Å²) in [5.41, 5.74) is -4.61. The average Bonchev–Trinajstić information content (AvgIpc) is 3.54. The molecule has 0 aliphatic carbocycles. The maximum Gasteiger partial charge on any atom is 0.416 e. The minimum absolute atomic E-state index is 0.00494. The Morgan fingerprint density at radius 1 is 1.04 bits per heavy atom. The van der Waals surface area contributed by atoms with Gasteiger partial charge in [0.25, 0.3) is 11.1 Å². The van der Waals surface area contributed by atoms with E-state index in [9.17, 15) is 40.7 Å². The number of nitrogens with zero attached hydrogens (tertiary/aromatic N) is 2. The number of hydrogen-bond acceptors (Lipinski definition) is 7. The fourth-order valence-corrected chi connectivity index (χ4v) is 6.37. The number of fused-ring (bicyclic) bond motifs is 1. The van der Waals surface area contributed by atoms with Crippen LogP contribution in [0.25, 0.3) is 16.5 Å². The Balaban J connectivity index is 1.57. The minimum Gasteiger partial charge on any atom is -0.444 e. The SMILES string of the molecule is CC(C)(C)OC(=O)NC1(CN2C(=O)SC(=C(Cc3ccc(C(F)(F)F)cc3C(F)(F)F)c3ccc4[nH]ncc4c3)C2=O)CCOCC1. The Hall–Kier alpha value is -4.05. The van der Waals surface area contributed by atoms with Crippen LogP contribution in [0.4, 0.5) is 35.9 Å². The summed E-state index contributed by atoms with van der Waals surface area (Å²) in [5, 5.41) is 9.29. The predicted octanol–water partition coefficient (Wildman–Crippen LogP) is 7.32. The first kappa shape index (κ1) is 34.3. The van der Waals surface area contributed by atoms with Crippen LogP contribution >= 0.6 is 11.8 Å². The molecule has 0 bridgehead atoms. The van der Waals surface area contributed by atoms with Gasteiger partial charge in [-0.3, -0.25) is 19.6 Å². The van der Waals surface area contributed by atoms with Crippen LogP contribution in [0.15, 0.2) is 47.5 Å². The van der Waals surface area contributed by atoms with Gasteiger partial charge in [0, 0.05) is 18.6 Å². The molecule has 2 saturated heterocycles. The van der Waals surface area contributed by atoms with Crippen molar-refractivity contribution in [3.05, 3.63) is 69.8 Å². The number of thioether (sulfide) groups is 1. The van der Waals surface area contributed by atoms with Crippen LogP contribution in [0.5, 0.6) is 0 Å². The highest BCUT2D eigenvalue weighted by Gasteiger charge is 2.45. The quantitative estimate of drug-likeness (QED) is 0.207. The van der Waals surface area contributed by atoms with Crippen molar-refractivity contribution in [2.75, 3.05) is 19.8 Å². The third kappa shape index (κ3) is 7.75. The van der Waals surface area contributed by atoms with Gasteiger partial charge in [-0.05, 0) is 92.8 Å². The number of aromatic nitrogens is 2. The lowest BCUT2D eigenvalue weighted by Gasteiger charge is -2.40. The number of imide groups is 1. The second-order valence-corrected chi connectivity index (χ2v) is 13.3.